The van der Waals surface area contributed by atoms with Crippen LogP contribution in [0.2, 0.25) is 0 Å². The van der Waals surface area contributed by atoms with Gasteiger partial charge in [0.05, 0.1) is 10.5 Å². The van der Waals surface area contributed by atoms with E-state index in [1.807, 2.05) is 0 Å². The Hall–Kier alpha value is -2.31. The lowest BCUT2D eigenvalue weighted by Crippen LogP contribution is -2.45. The smallest absolute Gasteiger partial charge is 0.268 e. The van der Waals surface area contributed by atoms with Gasteiger partial charge in [-0.05, 0) is 20.8 Å². The molecule has 0 spiro atoms. The van der Waals surface area contributed by atoms with Crippen LogP contribution < -0.4 is 0 Å². The molecule has 0 saturated carbocycles. The van der Waals surface area contributed by atoms with Crippen LogP contribution in [0.5, 0.6) is 0 Å². The summed E-state index contributed by atoms with van der Waals surface area (Å²) < 4.78 is 0. The Labute approximate surface area is 103 Å². The first kappa shape index (κ1) is 12.2. The Kier molecular flexibility index (Phi) is 2.42. The molecule has 1 aliphatic heterocycles. The number of carbonyl (C=O) groups is 2. The van der Waals surface area contributed by atoms with Crippen LogP contribution >= 0.6 is 0 Å². The van der Waals surface area contributed by atoms with E-state index >= 15 is 0 Å². The summed E-state index contributed by atoms with van der Waals surface area (Å²) in [5.41, 5.74) is -1.03. The van der Waals surface area contributed by atoms with Gasteiger partial charge >= 0.3 is 0 Å². The van der Waals surface area contributed by atoms with Gasteiger partial charge in [-0.15, -0.1) is 0 Å². The summed E-state index contributed by atoms with van der Waals surface area (Å²) in [5, 5.41) is 10.6. The summed E-state index contributed by atoms with van der Waals surface area (Å²) in [6.45, 7) is 5.13. The van der Waals surface area contributed by atoms with Crippen molar-refractivity contribution in [1.29, 1.82) is 0 Å². The zero-order chi connectivity index (χ0) is 13.7. The van der Waals surface area contributed by atoms with E-state index in [9.17, 15) is 19.7 Å². The molecule has 7 heteroatoms. The van der Waals surface area contributed by atoms with E-state index < -0.39 is 22.3 Å². The number of hydrogen-bond acceptors (Lipinski definition) is 5. The fraction of sp³-hybridized carbons (Fsp3) is 0.364. The molecule has 7 nitrogen and oxygen atoms in total. The number of carbonyl (C=O) groups excluding carboxylic acids is 2. The van der Waals surface area contributed by atoms with Crippen molar-refractivity contribution in [3.63, 3.8) is 0 Å². The fourth-order valence-corrected chi connectivity index (χ4v) is 1.81. The summed E-state index contributed by atoms with van der Waals surface area (Å²) in [6.07, 6.45) is 0.982. The molecule has 0 fully saturated rings. The van der Waals surface area contributed by atoms with Crippen molar-refractivity contribution >= 4 is 17.5 Å². The van der Waals surface area contributed by atoms with Crippen LogP contribution in [0, 0.1) is 10.1 Å². The van der Waals surface area contributed by atoms with E-state index in [1.165, 1.54) is 0 Å². The van der Waals surface area contributed by atoms with Crippen molar-refractivity contribution in [1.82, 2.24) is 9.88 Å². The van der Waals surface area contributed by atoms with Gasteiger partial charge in [-0.3, -0.25) is 24.6 Å². The van der Waals surface area contributed by atoms with Crippen molar-refractivity contribution in [3.05, 3.63) is 33.6 Å². The van der Waals surface area contributed by atoms with Gasteiger partial charge in [-0.25, -0.2) is 4.98 Å². The Bertz CT molecular complexity index is 574. The van der Waals surface area contributed by atoms with Gasteiger partial charge in [0.1, 0.15) is 11.9 Å². The zero-order valence-electron chi connectivity index (χ0n) is 10.1. The first-order chi connectivity index (χ1) is 8.23. The molecule has 0 saturated heterocycles. The molecule has 0 atom stereocenters. The van der Waals surface area contributed by atoms with Crippen molar-refractivity contribution < 1.29 is 14.5 Å². The Morgan fingerprint density at radius 2 is 1.89 bits per heavy atom. The Morgan fingerprint density at radius 1 is 1.28 bits per heavy atom. The predicted octanol–water partition coefficient (Wildman–Crippen LogP) is 1.38. The maximum Gasteiger partial charge on any atom is 0.288 e. The third-order valence-corrected chi connectivity index (χ3v) is 2.59. The molecule has 2 rings (SSSR count). The lowest BCUT2D eigenvalue weighted by Gasteiger charge is -2.29. The van der Waals surface area contributed by atoms with Crippen molar-refractivity contribution in [2.24, 2.45) is 0 Å². The molecule has 1 aromatic rings. The SMILES string of the molecule is CC(C)(C)N1C(=O)c2cc([N+](=O)[O-])cnc2C1=O. The highest BCUT2D eigenvalue weighted by Gasteiger charge is 2.43. The van der Waals surface area contributed by atoms with Crippen LogP contribution in [0.1, 0.15) is 41.6 Å². The van der Waals surface area contributed by atoms with E-state index in [2.05, 4.69) is 4.98 Å². The second-order valence-corrected chi connectivity index (χ2v) is 4.96. The standard InChI is InChI=1S/C11H11N3O4/c1-11(2,3)13-9(15)7-4-6(14(17)18)5-12-8(7)10(13)16/h4-5H,1-3H3. The summed E-state index contributed by atoms with van der Waals surface area (Å²) in [6, 6.07) is 1.09. The fourth-order valence-electron chi connectivity index (χ4n) is 1.81. The monoisotopic (exact) mass is 249 g/mol. The third-order valence-electron chi connectivity index (χ3n) is 2.59. The minimum absolute atomic E-state index is 0.0101. The number of nitro groups is 1. The summed E-state index contributed by atoms with van der Waals surface area (Å²) >= 11 is 0. The van der Waals surface area contributed by atoms with E-state index in [4.69, 9.17) is 0 Å². The number of fused-ring (bicyclic) bond motifs is 1. The molecule has 0 radical (unpaired) electrons. The number of imide groups is 1. The normalized spacial score (nSPS) is 14.9. The summed E-state index contributed by atoms with van der Waals surface area (Å²) in [7, 11) is 0. The van der Waals surface area contributed by atoms with Gasteiger partial charge in [0.25, 0.3) is 17.5 Å². The van der Waals surface area contributed by atoms with Crippen LogP contribution in [0.3, 0.4) is 0 Å². The molecule has 0 unspecified atom stereocenters. The van der Waals surface area contributed by atoms with E-state index in [-0.39, 0.29) is 16.9 Å². The lowest BCUT2D eigenvalue weighted by atomic mass is 10.1. The van der Waals surface area contributed by atoms with Gasteiger partial charge in [0.2, 0.25) is 0 Å². The number of pyridine rings is 1. The molecule has 0 aliphatic carbocycles. The van der Waals surface area contributed by atoms with Gasteiger partial charge in [-0.1, -0.05) is 0 Å². The minimum atomic E-state index is -0.691. The topological polar surface area (TPSA) is 93.4 Å². The molecule has 1 aromatic heterocycles. The predicted molar refractivity (Wildman–Crippen MR) is 61.1 cm³/mol. The zero-order valence-corrected chi connectivity index (χ0v) is 10.1. The van der Waals surface area contributed by atoms with Gasteiger partial charge < -0.3 is 0 Å². The maximum absolute atomic E-state index is 12.1. The van der Waals surface area contributed by atoms with Crippen molar-refractivity contribution in [2.75, 3.05) is 0 Å². The van der Waals surface area contributed by atoms with Crippen molar-refractivity contribution in [2.45, 2.75) is 26.3 Å². The Morgan fingerprint density at radius 3 is 2.39 bits per heavy atom. The quantitative estimate of drug-likeness (QED) is 0.426. The first-order valence-electron chi connectivity index (χ1n) is 5.27. The molecule has 1 aliphatic rings. The molecule has 18 heavy (non-hydrogen) atoms. The molecule has 0 N–H and O–H groups in total. The lowest BCUT2D eigenvalue weighted by molar-refractivity contribution is -0.385. The summed E-state index contributed by atoms with van der Waals surface area (Å²) in [4.78, 5) is 38.8. The maximum atomic E-state index is 12.1. The second kappa shape index (κ2) is 3.59. The van der Waals surface area contributed by atoms with Gasteiger partial charge in [0.15, 0.2) is 0 Å². The molecule has 2 amide bonds. The number of amides is 2. The van der Waals surface area contributed by atoms with Crippen LogP contribution in [-0.4, -0.2) is 32.2 Å². The minimum Gasteiger partial charge on any atom is -0.268 e. The largest absolute Gasteiger partial charge is 0.288 e. The highest BCUT2D eigenvalue weighted by molar-refractivity contribution is 6.21. The Balaban J connectivity index is 2.56. The molecular weight excluding hydrogens is 238 g/mol. The highest BCUT2D eigenvalue weighted by atomic mass is 16.6. The van der Waals surface area contributed by atoms with Crippen molar-refractivity contribution in [3.8, 4) is 0 Å². The van der Waals surface area contributed by atoms with Crippen LogP contribution in [0.15, 0.2) is 12.3 Å². The third kappa shape index (κ3) is 1.64. The van der Waals surface area contributed by atoms with Gasteiger partial charge in [0, 0.05) is 11.6 Å². The number of nitrogens with zero attached hydrogens (tertiary/aromatic N) is 3. The molecule has 2 heterocycles. The van der Waals surface area contributed by atoms with Crippen LogP contribution in [0.25, 0.3) is 0 Å². The summed E-state index contributed by atoms with van der Waals surface area (Å²) in [5.74, 6) is -1.06. The highest BCUT2D eigenvalue weighted by Crippen LogP contribution is 2.29. The number of aromatic nitrogens is 1. The second-order valence-electron chi connectivity index (χ2n) is 4.96. The first-order valence-corrected chi connectivity index (χ1v) is 5.27. The molecular formula is C11H11N3O4. The molecule has 0 aromatic carbocycles. The average molecular weight is 249 g/mol. The van der Waals surface area contributed by atoms with E-state index in [0.29, 0.717) is 0 Å². The number of hydrogen-bond donors (Lipinski definition) is 0. The van der Waals surface area contributed by atoms with Crippen LogP contribution in [-0.2, 0) is 0 Å². The number of rotatable bonds is 1. The molecule has 0 bridgehead atoms. The van der Waals surface area contributed by atoms with E-state index in [0.717, 1.165) is 17.2 Å². The average Bonchev–Trinajstić information content (AvgIpc) is 2.50. The molecule has 94 valence electrons. The van der Waals surface area contributed by atoms with E-state index in [1.54, 1.807) is 20.8 Å². The van der Waals surface area contributed by atoms with Gasteiger partial charge in [-0.2, -0.15) is 0 Å². The van der Waals surface area contributed by atoms with Crippen LogP contribution in [0.4, 0.5) is 5.69 Å².